The van der Waals surface area contributed by atoms with Gasteiger partial charge >= 0.3 is 5.69 Å². The van der Waals surface area contributed by atoms with E-state index < -0.39 is 0 Å². The van der Waals surface area contributed by atoms with E-state index in [0.717, 1.165) is 22.1 Å². The largest absolute Gasteiger partial charge is 0.316 e. The van der Waals surface area contributed by atoms with E-state index in [0.29, 0.717) is 5.75 Å². The highest BCUT2D eigenvalue weighted by Crippen LogP contribution is 2.25. The molecule has 0 unspecified atom stereocenters. The van der Waals surface area contributed by atoms with Crippen LogP contribution in [0.1, 0.15) is 5.56 Å². The average Bonchev–Trinajstić information content (AvgIpc) is 2.95. The van der Waals surface area contributed by atoms with Crippen LogP contribution in [0, 0.1) is 4.91 Å². The zero-order chi connectivity index (χ0) is 16.2. The smallest absolute Gasteiger partial charge is 0.305 e. The fourth-order valence-electron chi connectivity index (χ4n) is 2.05. The molecule has 8 heteroatoms. The Morgan fingerprint density at radius 2 is 2.00 bits per heavy atom. The Morgan fingerprint density at radius 3 is 2.65 bits per heavy atom. The summed E-state index contributed by atoms with van der Waals surface area (Å²) in [5.41, 5.74) is 2.14. The molecule has 0 fully saturated rings. The molecule has 0 spiro atoms. The molecule has 0 aliphatic carbocycles. The van der Waals surface area contributed by atoms with Gasteiger partial charge in [0, 0.05) is 42.9 Å². The minimum Gasteiger partial charge on any atom is -0.305 e. The van der Waals surface area contributed by atoms with Crippen LogP contribution in [0.2, 0.25) is 0 Å². The van der Waals surface area contributed by atoms with Crippen LogP contribution in [0.15, 0.2) is 53.9 Å². The van der Waals surface area contributed by atoms with Gasteiger partial charge in [-0.15, -0.1) is 10.2 Å². The van der Waals surface area contributed by atoms with Crippen LogP contribution in [0.5, 0.6) is 0 Å². The number of hydrogen-bond donors (Lipinski definition) is 1. The lowest BCUT2D eigenvalue weighted by Gasteiger charge is -2.03. The van der Waals surface area contributed by atoms with E-state index in [1.54, 1.807) is 48.4 Å². The topological polar surface area (TPSA) is 83.9 Å². The molecule has 3 aromatic rings. The summed E-state index contributed by atoms with van der Waals surface area (Å²) in [5.74, 6) is 1.45. The standard InChI is InChI=1S/C15H14N5O2S/c1-19-14(12-3-2-8-16-9-12)17-18-15(19)23-10-11-4-6-13(7-5-11)20(21)22/h2-9H,10H2,1H3,(H,21,22)/q+1. The molecule has 0 saturated heterocycles. The summed E-state index contributed by atoms with van der Waals surface area (Å²) in [4.78, 5) is 14.7. The Bertz CT molecular complexity index is 818. The average molecular weight is 328 g/mol. The SMILES string of the molecule is Cn1c(SCc2ccc([N+](=O)O)cc2)nnc1-c1cccnc1. The second-order valence-corrected chi connectivity index (χ2v) is 5.78. The normalized spacial score (nSPS) is 10.7. The first-order valence-electron chi connectivity index (χ1n) is 6.83. The quantitative estimate of drug-likeness (QED) is 0.572. The van der Waals surface area contributed by atoms with Crippen molar-refractivity contribution in [3.8, 4) is 11.4 Å². The van der Waals surface area contributed by atoms with E-state index in [9.17, 15) is 4.91 Å². The third-order valence-electron chi connectivity index (χ3n) is 3.28. The van der Waals surface area contributed by atoms with Gasteiger partial charge in [0.25, 0.3) is 4.92 Å². The van der Waals surface area contributed by atoms with E-state index >= 15 is 0 Å². The number of hydrogen-bond acceptors (Lipinski definition) is 5. The first-order chi connectivity index (χ1) is 11.1. The van der Waals surface area contributed by atoms with Crippen molar-refractivity contribution in [3.05, 3.63) is 59.3 Å². The second kappa shape index (κ2) is 6.57. The fourth-order valence-corrected chi connectivity index (χ4v) is 2.92. The molecule has 2 heterocycles. The maximum absolute atomic E-state index is 10.8. The number of rotatable bonds is 5. The van der Waals surface area contributed by atoms with Gasteiger partial charge in [-0.25, -0.2) is 5.21 Å². The molecule has 0 atom stereocenters. The van der Waals surface area contributed by atoms with Crippen LogP contribution in [-0.2, 0) is 12.8 Å². The van der Waals surface area contributed by atoms with Gasteiger partial charge in [0.1, 0.15) is 0 Å². The lowest BCUT2D eigenvalue weighted by Crippen LogP contribution is -1.95. The highest BCUT2D eigenvalue weighted by Gasteiger charge is 2.13. The summed E-state index contributed by atoms with van der Waals surface area (Å²) in [6.07, 6.45) is 3.47. The molecule has 116 valence electrons. The lowest BCUT2D eigenvalue weighted by atomic mass is 10.2. The third-order valence-corrected chi connectivity index (χ3v) is 4.37. The molecule has 1 N–H and O–H groups in total. The van der Waals surface area contributed by atoms with E-state index in [1.807, 2.05) is 23.7 Å². The van der Waals surface area contributed by atoms with Gasteiger partial charge in [-0.05, 0) is 17.7 Å². The summed E-state index contributed by atoms with van der Waals surface area (Å²) in [5, 5.41) is 18.0. The number of pyridine rings is 1. The van der Waals surface area contributed by atoms with Crippen molar-refractivity contribution in [2.75, 3.05) is 0 Å². The molecular weight excluding hydrogens is 314 g/mol. The van der Waals surface area contributed by atoms with Crippen molar-refractivity contribution < 1.29 is 10.1 Å². The maximum Gasteiger partial charge on any atom is 0.316 e. The van der Waals surface area contributed by atoms with Crippen LogP contribution in [0.3, 0.4) is 0 Å². The van der Waals surface area contributed by atoms with Crippen molar-refractivity contribution in [2.45, 2.75) is 10.9 Å². The van der Waals surface area contributed by atoms with E-state index in [-0.39, 0.29) is 10.6 Å². The Hall–Kier alpha value is -2.74. The summed E-state index contributed by atoms with van der Waals surface area (Å²) in [6, 6.07) is 10.5. The van der Waals surface area contributed by atoms with Crippen LogP contribution in [0.25, 0.3) is 11.4 Å². The number of aromatic nitrogens is 4. The predicted molar refractivity (Wildman–Crippen MR) is 85.3 cm³/mol. The van der Waals surface area contributed by atoms with Gasteiger partial charge < -0.3 is 4.57 Å². The van der Waals surface area contributed by atoms with Crippen molar-refractivity contribution >= 4 is 17.4 Å². The van der Waals surface area contributed by atoms with Gasteiger partial charge in [0.05, 0.1) is 4.91 Å². The summed E-state index contributed by atoms with van der Waals surface area (Å²) < 4.78 is 1.92. The van der Waals surface area contributed by atoms with Gasteiger partial charge in [0.15, 0.2) is 11.0 Å². The van der Waals surface area contributed by atoms with Crippen molar-refractivity contribution in [3.63, 3.8) is 0 Å². The summed E-state index contributed by atoms with van der Waals surface area (Å²) in [7, 11) is 1.91. The molecule has 2 aromatic heterocycles. The minimum absolute atomic E-state index is 0.153. The molecular formula is C15H14N5O2S+. The number of thioether (sulfide) groups is 1. The highest BCUT2D eigenvalue weighted by atomic mass is 32.2. The maximum atomic E-state index is 10.8. The van der Waals surface area contributed by atoms with E-state index in [4.69, 9.17) is 5.21 Å². The van der Waals surface area contributed by atoms with E-state index in [2.05, 4.69) is 15.2 Å². The molecule has 1 aromatic carbocycles. The zero-order valence-corrected chi connectivity index (χ0v) is 13.1. The lowest BCUT2D eigenvalue weighted by molar-refractivity contribution is -0.729. The van der Waals surface area contributed by atoms with Gasteiger partial charge in [-0.1, -0.05) is 23.9 Å². The molecule has 0 saturated carbocycles. The molecule has 0 aliphatic rings. The van der Waals surface area contributed by atoms with Gasteiger partial charge in [-0.2, -0.15) is 0 Å². The van der Waals surface area contributed by atoms with Crippen LogP contribution in [-0.4, -0.2) is 29.9 Å². The Labute approximate surface area is 136 Å². The summed E-state index contributed by atoms with van der Waals surface area (Å²) >= 11 is 1.54. The Kier molecular flexibility index (Phi) is 4.33. The van der Waals surface area contributed by atoms with Crippen LogP contribution >= 0.6 is 11.8 Å². The number of nitrogens with zero attached hydrogens (tertiary/aromatic N) is 5. The first kappa shape index (κ1) is 15.2. The molecule has 23 heavy (non-hydrogen) atoms. The minimum atomic E-state index is -0.153. The van der Waals surface area contributed by atoms with Gasteiger partial charge in [-0.3, -0.25) is 4.98 Å². The molecule has 0 aliphatic heterocycles. The second-order valence-electron chi connectivity index (χ2n) is 4.83. The first-order valence-corrected chi connectivity index (χ1v) is 7.81. The highest BCUT2D eigenvalue weighted by molar-refractivity contribution is 7.98. The molecule has 7 nitrogen and oxygen atoms in total. The monoisotopic (exact) mass is 328 g/mol. The molecule has 3 rings (SSSR count). The Balaban J connectivity index is 1.72. The Morgan fingerprint density at radius 1 is 1.22 bits per heavy atom. The van der Waals surface area contributed by atoms with E-state index in [1.165, 1.54) is 0 Å². The fraction of sp³-hybridized carbons (Fsp3) is 0.133. The van der Waals surface area contributed by atoms with Crippen molar-refractivity contribution in [2.24, 2.45) is 7.05 Å². The molecule has 0 bridgehead atoms. The van der Waals surface area contributed by atoms with Crippen LogP contribution < -0.4 is 0 Å². The van der Waals surface area contributed by atoms with Gasteiger partial charge in [0.2, 0.25) is 0 Å². The van der Waals surface area contributed by atoms with Crippen molar-refractivity contribution in [1.82, 2.24) is 19.7 Å². The molecule has 0 amide bonds. The molecule has 0 radical (unpaired) electrons. The number of benzene rings is 1. The van der Waals surface area contributed by atoms with Crippen LogP contribution in [0.4, 0.5) is 5.69 Å². The predicted octanol–water partition coefficient (Wildman–Crippen LogP) is 2.97. The third kappa shape index (κ3) is 3.37. The van der Waals surface area contributed by atoms with Crippen molar-refractivity contribution in [1.29, 1.82) is 0 Å². The summed E-state index contributed by atoms with van der Waals surface area (Å²) in [6.45, 7) is 0. The zero-order valence-electron chi connectivity index (χ0n) is 12.3.